The highest BCUT2D eigenvalue weighted by molar-refractivity contribution is 5.78. The van der Waals surface area contributed by atoms with Crippen LogP contribution in [0.3, 0.4) is 0 Å². The molecule has 1 N–H and O–H groups in total. The normalized spacial score (nSPS) is 16.0. The lowest BCUT2D eigenvalue weighted by molar-refractivity contribution is -0.132. The smallest absolute Gasteiger partial charge is 0.236 e. The summed E-state index contributed by atoms with van der Waals surface area (Å²) in [7, 11) is 1.65. The lowest BCUT2D eigenvalue weighted by atomic mass is 10.0. The summed E-state index contributed by atoms with van der Waals surface area (Å²) in [4.78, 5) is 25.2. The van der Waals surface area contributed by atoms with Crippen molar-refractivity contribution in [2.24, 2.45) is 0 Å². The second-order valence-corrected chi connectivity index (χ2v) is 6.50. The summed E-state index contributed by atoms with van der Waals surface area (Å²) >= 11 is 0. The van der Waals surface area contributed by atoms with Gasteiger partial charge >= 0.3 is 0 Å². The lowest BCUT2D eigenvalue weighted by Gasteiger charge is -2.33. The van der Waals surface area contributed by atoms with Gasteiger partial charge in [0.05, 0.1) is 6.54 Å². The first-order valence-electron chi connectivity index (χ1n) is 9.15. The molecular formula is C18H31N5O2. The van der Waals surface area contributed by atoms with Crippen molar-refractivity contribution in [3.05, 3.63) is 17.6 Å². The van der Waals surface area contributed by atoms with Crippen LogP contribution in [0.4, 0.5) is 5.82 Å². The van der Waals surface area contributed by atoms with Gasteiger partial charge < -0.3 is 15.0 Å². The van der Waals surface area contributed by atoms with E-state index in [1.165, 1.54) is 0 Å². The SMILES string of the molecule is CCN(CC)C(=O)CN1CCC(Nc2cc(C)nc(COC)n2)CC1. The van der Waals surface area contributed by atoms with Gasteiger partial charge in [-0.15, -0.1) is 0 Å². The molecule has 1 saturated heterocycles. The maximum atomic E-state index is 12.2. The van der Waals surface area contributed by atoms with Gasteiger partial charge in [-0.05, 0) is 33.6 Å². The Labute approximate surface area is 150 Å². The Hall–Kier alpha value is -1.73. The van der Waals surface area contributed by atoms with Crippen LogP contribution in [-0.2, 0) is 16.1 Å². The molecule has 0 unspecified atom stereocenters. The number of likely N-dealkylation sites (tertiary alicyclic amines) is 1. The number of piperidine rings is 1. The van der Waals surface area contributed by atoms with Crippen LogP contribution < -0.4 is 5.32 Å². The molecule has 7 nitrogen and oxygen atoms in total. The summed E-state index contributed by atoms with van der Waals surface area (Å²) in [5, 5.41) is 3.51. The van der Waals surface area contributed by atoms with Crippen molar-refractivity contribution in [2.75, 3.05) is 45.2 Å². The highest BCUT2D eigenvalue weighted by atomic mass is 16.5. The first kappa shape index (κ1) is 19.6. The number of aromatic nitrogens is 2. The lowest BCUT2D eigenvalue weighted by Crippen LogP contribution is -2.45. The van der Waals surface area contributed by atoms with Gasteiger partial charge in [0.1, 0.15) is 12.4 Å². The van der Waals surface area contributed by atoms with Crippen molar-refractivity contribution in [3.8, 4) is 0 Å². The second kappa shape index (κ2) is 9.68. The fourth-order valence-electron chi connectivity index (χ4n) is 3.21. The fraction of sp³-hybridized carbons (Fsp3) is 0.722. The van der Waals surface area contributed by atoms with Crippen LogP contribution in [0.15, 0.2) is 6.07 Å². The van der Waals surface area contributed by atoms with Crippen molar-refractivity contribution >= 4 is 11.7 Å². The summed E-state index contributed by atoms with van der Waals surface area (Å²) in [5.74, 6) is 1.79. The molecule has 1 aliphatic heterocycles. The van der Waals surface area contributed by atoms with E-state index in [-0.39, 0.29) is 5.91 Å². The number of ether oxygens (including phenoxy) is 1. The molecule has 1 amide bonds. The van der Waals surface area contributed by atoms with Crippen LogP contribution in [0.2, 0.25) is 0 Å². The zero-order valence-electron chi connectivity index (χ0n) is 15.9. The van der Waals surface area contributed by atoms with Gasteiger partial charge in [-0.25, -0.2) is 9.97 Å². The second-order valence-electron chi connectivity index (χ2n) is 6.50. The van der Waals surface area contributed by atoms with Crippen LogP contribution in [0.5, 0.6) is 0 Å². The summed E-state index contributed by atoms with van der Waals surface area (Å²) in [6.45, 7) is 10.4. The first-order valence-corrected chi connectivity index (χ1v) is 9.15. The number of nitrogens with zero attached hydrogens (tertiary/aromatic N) is 4. The number of likely N-dealkylation sites (N-methyl/N-ethyl adjacent to an activating group) is 1. The first-order chi connectivity index (χ1) is 12.0. The summed E-state index contributed by atoms with van der Waals surface area (Å²) in [5.41, 5.74) is 0.937. The van der Waals surface area contributed by atoms with E-state index < -0.39 is 0 Å². The van der Waals surface area contributed by atoms with E-state index in [1.54, 1.807) is 7.11 Å². The van der Waals surface area contributed by atoms with Crippen molar-refractivity contribution in [3.63, 3.8) is 0 Å². The van der Waals surface area contributed by atoms with Crippen molar-refractivity contribution in [1.29, 1.82) is 0 Å². The standard InChI is InChI=1S/C18H31N5O2/c1-5-23(6-2)18(24)12-22-9-7-15(8-10-22)20-16-11-14(3)19-17(21-16)13-25-4/h11,15H,5-10,12-13H2,1-4H3,(H,19,20,21). The monoisotopic (exact) mass is 349 g/mol. The van der Waals surface area contributed by atoms with Crippen LogP contribution in [0.25, 0.3) is 0 Å². The summed E-state index contributed by atoms with van der Waals surface area (Å²) < 4.78 is 5.12. The Bertz CT molecular complexity index is 554. The van der Waals surface area contributed by atoms with E-state index >= 15 is 0 Å². The quantitative estimate of drug-likeness (QED) is 0.770. The number of methoxy groups -OCH3 is 1. The molecule has 7 heteroatoms. The molecule has 140 valence electrons. The van der Waals surface area contributed by atoms with E-state index in [0.29, 0.717) is 25.0 Å². The zero-order valence-corrected chi connectivity index (χ0v) is 15.9. The van der Waals surface area contributed by atoms with Crippen LogP contribution in [0.1, 0.15) is 38.2 Å². The third-order valence-corrected chi connectivity index (χ3v) is 4.59. The molecule has 0 aliphatic carbocycles. The third-order valence-electron chi connectivity index (χ3n) is 4.59. The summed E-state index contributed by atoms with van der Waals surface area (Å²) in [6, 6.07) is 2.35. The number of amides is 1. The molecule has 2 heterocycles. The van der Waals surface area contributed by atoms with Gasteiger partial charge in [-0.3, -0.25) is 9.69 Å². The minimum Gasteiger partial charge on any atom is -0.377 e. The largest absolute Gasteiger partial charge is 0.377 e. The number of nitrogens with one attached hydrogen (secondary N) is 1. The highest BCUT2D eigenvalue weighted by Crippen LogP contribution is 2.16. The van der Waals surface area contributed by atoms with Gasteiger partial charge in [0.25, 0.3) is 0 Å². The van der Waals surface area contributed by atoms with Crippen molar-refractivity contribution < 1.29 is 9.53 Å². The van der Waals surface area contributed by atoms with E-state index in [0.717, 1.165) is 50.5 Å². The molecule has 1 aromatic heterocycles. The topological polar surface area (TPSA) is 70.6 Å². The van der Waals surface area contributed by atoms with Crippen LogP contribution >= 0.6 is 0 Å². The van der Waals surface area contributed by atoms with Crippen LogP contribution in [0, 0.1) is 6.92 Å². The predicted molar refractivity (Wildman–Crippen MR) is 98.5 cm³/mol. The average Bonchev–Trinajstić information content (AvgIpc) is 2.57. The Morgan fingerprint density at radius 3 is 2.60 bits per heavy atom. The van der Waals surface area contributed by atoms with Crippen molar-refractivity contribution in [2.45, 2.75) is 46.3 Å². The van der Waals surface area contributed by atoms with Gasteiger partial charge in [0, 0.05) is 51.1 Å². The molecule has 25 heavy (non-hydrogen) atoms. The molecule has 1 aliphatic rings. The van der Waals surface area contributed by atoms with E-state index in [2.05, 4.69) is 20.2 Å². The third kappa shape index (κ3) is 5.93. The highest BCUT2D eigenvalue weighted by Gasteiger charge is 2.22. The molecular weight excluding hydrogens is 318 g/mol. The number of rotatable bonds is 8. The molecule has 1 aromatic rings. The number of hydrogen-bond donors (Lipinski definition) is 1. The Kier molecular flexibility index (Phi) is 7.58. The van der Waals surface area contributed by atoms with Gasteiger partial charge in [-0.2, -0.15) is 0 Å². The maximum Gasteiger partial charge on any atom is 0.236 e. The van der Waals surface area contributed by atoms with Crippen LogP contribution in [-0.4, -0.2) is 71.6 Å². The summed E-state index contributed by atoms with van der Waals surface area (Å²) in [6.07, 6.45) is 2.02. The molecule has 0 atom stereocenters. The Balaban J connectivity index is 1.83. The van der Waals surface area contributed by atoms with E-state index in [1.807, 2.05) is 31.7 Å². The van der Waals surface area contributed by atoms with Crippen molar-refractivity contribution in [1.82, 2.24) is 19.8 Å². The minimum absolute atomic E-state index is 0.229. The average molecular weight is 349 g/mol. The molecule has 0 bridgehead atoms. The minimum atomic E-state index is 0.229. The Morgan fingerprint density at radius 2 is 2.00 bits per heavy atom. The van der Waals surface area contributed by atoms with E-state index in [4.69, 9.17) is 4.74 Å². The molecule has 2 rings (SSSR count). The van der Waals surface area contributed by atoms with Gasteiger partial charge in [-0.1, -0.05) is 0 Å². The number of anilines is 1. The van der Waals surface area contributed by atoms with Gasteiger partial charge in [0.15, 0.2) is 5.82 Å². The fourth-order valence-corrected chi connectivity index (χ4v) is 3.21. The van der Waals surface area contributed by atoms with E-state index in [9.17, 15) is 4.79 Å². The molecule has 0 spiro atoms. The van der Waals surface area contributed by atoms with Gasteiger partial charge in [0.2, 0.25) is 5.91 Å². The molecule has 0 saturated carbocycles. The molecule has 1 fully saturated rings. The number of hydrogen-bond acceptors (Lipinski definition) is 6. The Morgan fingerprint density at radius 1 is 1.32 bits per heavy atom. The number of aryl methyl sites for hydroxylation is 1. The number of carbonyl (C=O) groups excluding carboxylic acids is 1. The molecule has 0 radical (unpaired) electrons. The maximum absolute atomic E-state index is 12.2. The number of carbonyl (C=O) groups is 1. The molecule has 0 aromatic carbocycles. The predicted octanol–water partition coefficient (Wildman–Crippen LogP) is 1.68. The zero-order chi connectivity index (χ0) is 18.2.